The Kier molecular flexibility index (Phi) is 5.13. The Hall–Kier alpha value is -1.53. The van der Waals surface area contributed by atoms with Crippen molar-refractivity contribution in [2.75, 3.05) is 12.4 Å². The summed E-state index contributed by atoms with van der Waals surface area (Å²) in [6, 6.07) is 8.80. The summed E-state index contributed by atoms with van der Waals surface area (Å²) in [5.41, 5.74) is 0.430. The zero-order valence-electron chi connectivity index (χ0n) is 11.5. The number of hydrogen-bond acceptors (Lipinski definition) is 3. The lowest BCUT2D eigenvalue weighted by Crippen LogP contribution is -2.09. The first kappa shape index (κ1) is 16.8. The van der Waals surface area contributed by atoms with Gasteiger partial charge >= 0.3 is 6.18 Å². The van der Waals surface area contributed by atoms with Crippen molar-refractivity contribution >= 4 is 29.9 Å². The van der Waals surface area contributed by atoms with Crippen LogP contribution in [0.15, 0.2) is 41.3 Å². The van der Waals surface area contributed by atoms with Crippen molar-refractivity contribution in [1.29, 1.82) is 0 Å². The van der Waals surface area contributed by atoms with Crippen LogP contribution < -0.4 is 10.1 Å². The predicted octanol–water partition coefficient (Wildman–Crippen LogP) is 5.27. The molecule has 0 bridgehead atoms. The van der Waals surface area contributed by atoms with Crippen molar-refractivity contribution in [3.63, 3.8) is 0 Å². The maximum atomic E-state index is 13.0. The van der Waals surface area contributed by atoms with Gasteiger partial charge in [-0.15, -0.1) is 12.6 Å². The Morgan fingerprint density at radius 2 is 1.95 bits per heavy atom. The first-order valence-corrected chi connectivity index (χ1v) is 7.13. The number of benzene rings is 2. The van der Waals surface area contributed by atoms with E-state index in [2.05, 4.69) is 17.9 Å². The zero-order valence-corrected chi connectivity index (χ0v) is 13.2. The number of thiol groups is 1. The molecule has 2 aromatic carbocycles. The summed E-state index contributed by atoms with van der Waals surface area (Å²) in [6.45, 7) is -0.0785. The average molecular weight is 348 g/mol. The Bertz CT molecular complexity index is 676. The van der Waals surface area contributed by atoms with Crippen molar-refractivity contribution in [2.24, 2.45) is 0 Å². The maximum absolute atomic E-state index is 13.0. The lowest BCUT2D eigenvalue weighted by Gasteiger charge is -2.16. The number of alkyl halides is 3. The van der Waals surface area contributed by atoms with E-state index in [4.69, 9.17) is 16.3 Å². The minimum Gasteiger partial charge on any atom is -0.488 e. The van der Waals surface area contributed by atoms with E-state index in [0.717, 1.165) is 6.07 Å². The number of nitrogens with one attached hydrogen (secondary N) is 1. The largest absolute Gasteiger partial charge is 0.488 e. The minimum atomic E-state index is -4.51. The van der Waals surface area contributed by atoms with E-state index in [0.29, 0.717) is 16.3 Å². The predicted molar refractivity (Wildman–Crippen MR) is 84.0 cm³/mol. The van der Waals surface area contributed by atoms with Crippen molar-refractivity contribution < 1.29 is 17.9 Å². The lowest BCUT2D eigenvalue weighted by molar-refractivity contribution is -0.139. The summed E-state index contributed by atoms with van der Waals surface area (Å²) in [7, 11) is 1.70. The highest BCUT2D eigenvalue weighted by Crippen LogP contribution is 2.38. The molecule has 0 unspecified atom stereocenters. The third-order valence-electron chi connectivity index (χ3n) is 3.03. The van der Waals surface area contributed by atoms with E-state index in [-0.39, 0.29) is 17.3 Å². The van der Waals surface area contributed by atoms with Crippen LogP contribution in [0, 0.1) is 0 Å². The highest BCUT2D eigenvalue weighted by atomic mass is 35.5. The van der Waals surface area contributed by atoms with Crippen LogP contribution >= 0.6 is 24.2 Å². The van der Waals surface area contributed by atoms with Gasteiger partial charge in [-0.2, -0.15) is 13.2 Å². The van der Waals surface area contributed by atoms with E-state index in [9.17, 15) is 13.2 Å². The van der Waals surface area contributed by atoms with Gasteiger partial charge in [0.25, 0.3) is 0 Å². The summed E-state index contributed by atoms with van der Waals surface area (Å²) in [5.74, 6) is -0.257. The number of rotatable bonds is 4. The summed E-state index contributed by atoms with van der Waals surface area (Å²) in [5, 5.41) is 3.35. The van der Waals surface area contributed by atoms with Crippen LogP contribution in [-0.2, 0) is 12.8 Å². The normalized spacial score (nSPS) is 11.4. The first-order valence-electron chi connectivity index (χ1n) is 6.31. The first-order chi connectivity index (χ1) is 10.3. The molecule has 2 nitrogen and oxygen atoms in total. The van der Waals surface area contributed by atoms with Gasteiger partial charge < -0.3 is 10.1 Å². The molecule has 0 heterocycles. The summed E-state index contributed by atoms with van der Waals surface area (Å²) in [4.78, 5) is 0.216. The lowest BCUT2D eigenvalue weighted by atomic mass is 10.1. The van der Waals surface area contributed by atoms with Crippen molar-refractivity contribution in [2.45, 2.75) is 17.7 Å². The van der Waals surface area contributed by atoms with E-state index >= 15 is 0 Å². The minimum absolute atomic E-state index is 0.0785. The summed E-state index contributed by atoms with van der Waals surface area (Å²) < 4.78 is 44.4. The van der Waals surface area contributed by atoms with Crippen LogP contribution in [0.3, 0.4) is 0 Å². The van der Waals surface area contributed by atoms with Crippen molar-refractivity contribution in [1.82, 2.24) is 0 Å². The zero-order chi connectivity index (χ0) is 16.3. The van der Waals surface area contributed by atoms with E-state index < -0.39 is 11.7 Å². The molecule has 0 amide bonds. The fourth-order valence-corrected chi connectivity index (χ4v) is 2.39. The molecule has 0 atom stereocenters. The molecule has 2 rings (SSSR count). The number of ether oxygens (including phenoxy) is 1. The second-order valence-corrected chi connectivity index (χ2v) is 5.41. The second kappa shape index (κ2) is 6.71. The Balaban J connectivity index is 2.30. The maximum Gasteiger partial charge on any atom is 0.420 e. The standard InChI is InChI=1S/C15H13ClF3NOS/c1-20-13-4-2-3-12(16)10(13)8-21-14-6-5-9(22)7-11(14)15(17,18)19/h2-7,20,22H,8H2,1H3. The molecule has 0 fully saturated rings. The fourth-order valence-electron chi connectivity index (χ4n) is 1.95. The molecule has 0 aliphatic rings. The van der Waals surface area contributed by atoms with Crippen LogP contribution in [0.4, 0.5) is 18.9 Å². The van der Waals surface area contributed by atoms with Gasteiger partial charge in [0, 0.05) is 28.2 Å². The molecule has 0 aliphatic heterocycles. The van der Waals surface area contributed by atoms with Gasteiger partial charge in [-0.25, -0.2) is 0 Å². The van der Waals surface area contributed by atoms with Crippen LogP contribution in [0.25, 0.3) is 0 Å². The number of hydrogen-bond donors (Lipinski definition) is 2. The number of halogens is 4. The molecule has 7 heteroatoms. The van der Waals surface area contributed by atoms with Gasteiger partial charge in [0.05, 0.1) is 5.56 Å². The molecule has 0 spiro atoms. The van der Waals surface area contributed by atoms with Crippen LogP contribution in [-0.4, -0.2) is 7.05 Å². The Labute approximate surface area is 136 Å². The molecule has 1 N–H and O–H groups in total. The molecule has 0 aliphatic carbocycles. The smallest absolute Gasteiger partial charge is 0.420 e. The monoisotopic (exact) mass is 347 g/mol. The fraction of sp³-hybridized carbons (Fsp3) is 0.200. The quantitative estimate of drug-likeness (QED) is 0.735. The SMILES string of the molecule is CNc1cccc(Cl)c1COc1ccc(S)cc1C(F)(F)F. The van der Waals surface area contributed by atoms with Gasteiger partial charge in [-0.05, 0) is 30.3 Å². The van der Waals surface area contributed by atoms with Crippen LogP contribution in [0.2, 0.25) is 5.02 Å². The molecular formula is C15H13ClF3NOS. The third kappa shape index (κ3) is 3.81. The molecule has 0 saturated carbocycles. The van der Waals surface area contributed by atoms with Gasteiger partial charge in [-0.1, -0.05) is 17.7 Å². The van der Waals surface area contributed by atoms with Crippen molar-refractivity contribution in [3.05, 3.63) is 52.5 Å². The summed E-state index contributed by atoms with van der Waals surface area (Å²) in [6.07, 6.45) is -4.51. The molecule has 118 valence electrons. The van der Waals surface area contributed by atoms with Gasteiger partial charge in [0.1, 0.15) is 12.4 Å². The molecular weight excluding hydrogens is 335 g/mol. The molecule has 0 saturated heterocycles. The van der Waals surface area contributed by atoms with Crippen molar-refractivity contribution in [3.8, 4) is 5.75 Å². The number of anilines is 1. The van der Waals surface area contributed by atoms with Gasteiger partial charge in [-0.3, -0.25) is 0 Å². The van der Waals surface area contributed by atoms with E-state index in [1.54, 1.807) is 25.2 Å². The second-order valence-electron chi connectivity index (χ2n) is 4.48. The van der Waals surface area contributed by atoms with Gasteiger partial charge in [0.15, 0.2) is 0 Å². The highest BCUT2D eigenvalue weighted by molar-refractivity contribution is 7.80. The Morgan fingerprint density at radius 1 is 1.23 bits per heavy atom. The molecule has 0 radical (unpaired) electrons. The van der Waals surface area contributed by atoms with Crippen LogP contribution in [0.1, 0.15) is 11.1 Å². The molecule has 2 aromatic rings. The highest BCUT2D eigenvalue weighted by Gasteiger charge is 2.34. The topological polar surface area (TPSA) is 21.3 Å². The third-order valence-corrected chi connectivity index (χ3v) is 3.66. The molecule has 22 heavy (non-hydrogen) atoms. The van der Waals surface area contributed by atoms with E-state index in [1.807, 2.05) is 0 Å². The van der Waals surface area contributed by atoms with E-state index in [1.165, 1.54) is 12.1 Å². The van der Waals surface area contributed by atoms with Gasteiger partial charge in [0.2, 0.25) is 0 Å². The van der Waals surface area contributed by atoms with Crippen LogP contribution in [0.5, 0.6) is 5.75 Å². The average Bonchev–Trinajstić information content (AvgIpc) is 2.45. The Morgan fingerprint density at radius 3 is 2.59 bits per heavy atom. The summed E-state index contributed by atoms with van der Waals surface area (Å²) >= 11 is 10.0. The molecule has 0 aromatic heterocycles.